The average Bonchev–Trinajstić information content (AvgIpc) is 2.36. The molecule has 0 saturated heterocycles. The van der Waals surface area contributed by atoms with E-state index in [9.17, 15) is 18.0 Å². The standard InChI is InChI=1S/C14H8ClF3O/c1-7-2-3-8(4-10(7)15)14(19)9-5-12(17)13(18)6-11(9)16/h2-6H,1H3. The lowest BCUT2D eigenvalue weighted by Crippen LogP contribution is -2.06. The van der Waals surface area contributed by atoms with Gasteiger partial charge in [0.05, 0.1) is 5.56 Å². The maximum atomic E-state index is 13.5. The van der Waals surface area contributed by atoms with Crippen LogP contribution in [-0.4, -0.2) is 5.78 Å². The van der Waals surface area contributed by atoms with Gasteiger partial charge in [-0.05, 0) is 24.6 Å². The van der Waals surface area contributed by atoms with Crippen molar-refractivity contribution >= 4 is 17.4 Å². The van der Waals surface area contributed by atoms with Gasteiger partial charge < -0.3 is 0 Å². The summed E-state index contributed by atoms with van der Waals surface area (Å²) >= 11 is 5.86. The Balaban J connectivity index is 2.49. The number of rotatable bonds is 2. The van der Waals surface area contributed by atoms with Crippen molar-refractivity contribution in [3.8, 4) is 0 Å². The van der Waals surface area contributed by atoms with Crippen LogP contribution < -0.4 is 0 Å². The van der Waals surface area contributed by atoms with Crippen molar-refractivity contribution in [2.75, 3.05) is 0 Å². The third kappa shape index (κ3) is 2.63. The number of aryl methyl sites for hydroxylation is 1. The summed E-state index contributed by atoms with van der Waals surface area (Å²) in [4.78, 5) is 12.0. The summed E-state index contributed by atoms with van der Waals surface area (Å²) in [6.07, 6.45) is 0. The molecule has 0 saturated carbocycles. The number of benzene rings is 2. The predicted octanol–water partition coefficient (Wildman–Crippen LogP) is 4.30. The van der Waals surface area contributed by atoms with E-state index in [2.05, 4.69) is 0 Å². The van der Waals surface area contributed by atoms with Crippen molar-refractivity contribution in [2.45, 2.75) is 6.92 Å². The van der Waals surface area contributed by atoms with E-state index in [1.165, 1.54) is 12.1 Å². The first-order valence-electron chi connectivity index (χ1n) is 5.35. The van der Waals surface area contributed by atoms with Gasteiger partial charge in [0.1, 0.15) is 5.82 Å². The van der Waals surface area contributed by atoms with Crippen LogP contribution >= 0.6 is 11.6 Å². The Kier molecular flexibility index (Phi) is 3.62. The summed E-state index contributed by atoms with van der Waals surface area (Å²) < 4.78 is 39.3. The molecule has 0 aliphatic heterocycles. The van der Waals surface area contributed by atoms with Gasteiger partial charge in [-0.2, -0.15) is 0 Å². The van der Waals surface area contributed by atoms with Gasteiger partial charge in [0.15, 0.2) is 17.4 Å². The second-order valence-electron chi connectivity index (χ2n) is 4.04. The van der Waals surface area contributed by atoms with Crippen LogP contribution in [0, 0.1) is 24.4 Å². The Bertz CT molecular complexity index is 668. The maximum absolute atomic E-state index is 13.5. The fourth-order valence-electron chi connectivity index (χ4n) is 1.59. The molecule has 0 aliphatic carbocycles. The van der Waals surface area contributed by atoms with Crippen LogP contribution in [0.5, 0.6) is 0 Å². The minimum Gasteiger partial charge on any atom is -0.288 e. The van der Waals surface area contributed by atoms with Gasteiger partial charge in [-0.3, -0.25) is 4.79 Å². The number of carbonyl (C=O) groups is 1. The average molecular weight is 285 g/mol. The van der Waals surface area contributed by atoms with E-state index in [1.807, 2.05) is 0 Å². The highest BCUT2D eigenvalue weighted by atomic mass is 35.5. The van der Waals surface area contributed by atoms with Crippen molar-refractivity contribution in [3.05, 3.63) is 69.5 Å². The first-order valence-corrected chi connectivity index (χ1v) is 5.73. The first-order chi connectivity index (χ1) is 8.90. The van der Waals surface area contributed by atoms with E-state index in [1.54, 1.807) is 13.0 Å². The fraction of sp³-hybridized carbons (Fsp3) is 0.0714. The Labute approximate surface area is 112 Å². The minimum absolute atomic E-state index is 0.112. The number of carbonyl (C=O) groups excluding carboxylic acids is 1. The van der Waals surface area contributed by atoms with Crippen LogP contribution in [0.15, 0.2) is 30.3 Å². The number of hydrogen-bond acceptors (Lipinski definition) is 1. The Morgan fingerprint density at radius 2 is 1.63 bits per heavy atom. The smallest absolute Gasteiger partial charge is 0.196 e. The van der Waals surface area contributed by atoms with Crippen LogP contribution in [0.4, 0.5) is 13.2 Å². The zero-order chi connectivity index (χ0) is 14.2. The zero-order valence-corrected chi connectivity index (χ0v) is 10.6. The summed E-state index contributed by atoms with van der Waals surface area (Å²) in [5, 5.41) is 0.342. The van der Waals surface area contributed by atoms with Gasteiger partial charge in [-0.15, -0.1) is 0 Å². The lowest BCUT2D eigenvalue weighted by molar-refractivity contribution is 0.103. The third-order valence-corrected chi connectivity index (χ3v) is 3.10. The van der Waals surface area contributed by atoms with Crippen LogP contribution in [0.1, 0.15) is 21.5 Å². The van der Waals surface area contributed by atoms with Gasteiger partial charge >= 0.3 is 0 Å². The van der Waals surface area contributed by atoms with E-state index in [0.717, 1.165) is 5.56 Å². The van der Waals surface area contributed by atoms with E-state index in [0.29, 0.717) is 17.2 Å². The first kappa shape index (κ1) is 13.6. The molecule has 0 aromatic heterocycles. The molecule has 1 nitrogen and oxygen atoms in total. The van der Waals surface area contributed by atoms with Crippen molar-refractivity contribution < 1.29 is 18.0 Å². The molecule has 5 heteroatoms. The minimum atomic E-state index is -1.34. The number of hydrogen-bond donors (Lipinski definition) is 0. The molecule has 0 spiro atoms. The van der Waals surface area contributed by atoms with Gasteiger partial charge in [-0.1, -0.05) is 23.7 Å². The quantitative estimate of drug-likeness (QED) is 0.594. The molecule has 19 heavy (non-hydrogen) atoms. The Morgan fingerprint density at radius 3 is 2.26 bits per heavy atom. The Hall–Kier alpha value is -1.81. The van der Waals surface area contributed by atoms with E-state index in [-0.39, 0.29) is 5.56 Å². The highest BCUT2D eigenvalue weighted by Crippen LogP contribution is 2.21. The fourth-order valence-corrected chi connectivity index (χ4v) is 1.77. The van der Waals surface area contributed by atoms with E-state index < -0.39 is 28.8 Å². The molecule has 2 aromatic rings. The van der Waals surface area contributed by atoms with Crippen molar-refractivity contribution in [1.29, 1.82) is 0 Å². The van der Waals surface area contributed by atoms with Crippen molar-refractivity contribution in [3.63, 3.8) is 0 Å². The highest BCUT2D eigenvalue weighted by molar-refractivity contribution is 6.31. The van der Waals surface area contributed by atoms with Gasteiger partial charge in [0, 0.05) is 16.7 Å². The number of ketones is 1. The van der Waals surface area contributed by atoms with Gasteiger partial charge in [-0.25, -0.2) is 13.2 Å². The van der Waals surface area contributed by atoms with Gasteiger partial charge in [0.25, 0.3) is 0 Å². The lowest BCUT2D eigenvalue weighted by atomic mass is 10.0. The molecule has 98 valence electrons. The lowest BCUT2D eigenvalue weighted by Gasteiger charge is -2.05. The third-order valence-electron chi connectivity index (χ3n) is 2.69. The summed E-state index contributed by atoms with van der Waals surface area (Å²) in [5.41, 5.74) is 0.336. The zero-order valence-electron chi connectivity index (χ0n) is 9.81. The molecule has 0 atom stereocenters. The molecule has 0 aliphatic rings. The number of halogens is 4. The molecule has 0 heterocycles. The van der Waals surface area contributed by atoms with E-state index >= 15 is 0 Å². The molecule has 0 amide bonds. The molecule has 0 radical (unpaired) electrons. The highest BCUT2D eigenvalue weighted by Gasteiger charge is 2.18. The van der Waals surface area contributed by atoms with Crippen LogP contribution in [0.2, 0.25) is 5.02 Å². The normalized spacial score (nSPS) is 10.6. The molecule has 0 bridgehead atoms. The summed E-state index contributed by atoms with van der Waals surface area (Å²) in [6, 6.07) is 5.29. The summed E-state index contributed by atoms with van der Waals surface area (Å²) in [5.74, 6) is -4.47. The topological polar surface area (TPSA) is 17.1 Å². The molecule has 0 fully saturated rings. The van der Waals surface area contributed by atoms with Crippen LogP contribution in [0.3, 0.4) is 0 Å². The van der Waals surface area contributed by atoms with E-state index in [4.69, 9.17) is 11.6 Å². The molecular weight excluding hydrogens is 277 g/mol. The monoisotopic (exact) mass is 284 g/mol. The molecule has 2 rings (SSSR count). The van der Waals surface area contributed by atoms with Gasteiger partial charge in [0.2, 0.25) is 0 Å². The second kappa shape index (κ2) is 5.05. The molecular formula is C14H8ClF3O. The SMILES string of the molecule is Cc1ccc(C(=O)c2cc(F)c(F)cc2F)cc1Cl. The summed E-state index contributed by atoms with van der Waals surface area (Å²) in [6.45, 7) is 1.74. The molecule has 0 unspecified atom stereocenters. The Morgan fingerprint density at radius 1 is 1.00 bits per heavy atom. The predicted molar refractivity (Wildman–Crippen MR) is 65.9 cm³/mol. The molecule has 2 aromatic carbocycles. The largest absolute Gasteiger partial charge is 0.288 e. The van der Waals surface area contributed by atoms with Crippen LogP contribution in [0.25, 0.3) is 0 Å². The van der Waals surface area contributed by atoms with Crippen molar-refractivity contribution in [1.82, 2.24) is 0 Å². The second-order valence-corrected chi connectivity index (χ2v) is 4.45. The maximum Gasteiger partial charge on any atom is 0.196 e. The molecule has 0 N–H and O–H groups in total. The van der Waals surface area contributed by atoms with Crippen LogP contribution in [-0.2, 0) is 0 Å². The summed E-state index contributed by atoms with van der Waals surface area (Å²) in [7, 11) is 0. The van der Waals surface area contributed by atoms with Crippen molar-refractivity contribution in [2.24, 2.45) is 0 Å².